The summed E-state index contributed by atoms with van der Waals surface area (Å²) >= 11 is 0. The Balaban J connectivity index is 1.30. The molecule has 4 aromatic rings. The molecular weight excluding hydrogens is 461 g/mol. The second-order valence-corrected chi connectivity index (χ2v) is 9.20. The van der Waals surface area contributed by atoms with Gasteiger partial charge in [0.05, 0.1) is 11.1 Å². The van der Waals surface area contributed by atoms with Crippen molar-refractivity contribution in [2.45, 2.75) is 25.8 Å². The molecule has 0 saturated carbocycles. The molecule has 1 N–H and O–H groups in total. The lowest BCUT2D eigenvalue weighted by molar-refractivity contribution is 0.0991. The summed E-state index contributed by atoms with van der Waals surface area (Å²) in [5.41, 5.74) is 0.610. The molecule has 0 aliphatic carbocycles. The lowest BCUT2D eigenvalue weighted by Gasteiger charge is -2.33. The van der Waals surface area contributed by atoms with E-state index in [-0.39, 0.29) is 23.3 Å². The summed E-state index contributed by atoms with van der Waals surface area (Å²) in [5, 5.41) is 3.33. The smallest absolute Gasteiger partial charge is 0.265 e. The summed E-state index contributed by atoms with van der Waals surface area (Å²) in [6.07, 6.45) is 3.25. The Morgan fingerprint density at radius 1 is 1.11 bits per heavy atom. The van der Waals surface area contributed by atoms with Gasteiger partial charge >= 0.3 is 0 Å². The molecule has 182 valence electrons. The number of nitrogens with zero attached hydrogens (tertiary/aromatic N) is 2. The first-order valence-corrected chi connectivity index (χ1v) is 11.5. The molecule has 0 radical (unpaired) electrons. The van der Waals surface area contributed by atoms with Gasteiger partial charge in [-0.15, -0.1) is 0 Å². The maximum atomic E-state index is 13.2. The second-order valence-electron chi connectivity index (χ2n) is 9.20. The Bertz CT molecular complexity index is 1480. The number of Topliss-reactive ketones (excluding diaryl/α,β-unsaturated/α-hetero) is 1. The zero-order valence-electron chi connectivity index (χ0n) is 19.8. The molecule has 36 heavy (non-hydrogen) atoms. The number of ketones is 1. The Morgan fingerprint density at radius 2 is 1.86 bits per heavy atom. The van der Waals surface area contributed by atoms with E-state index < -0.39 is 11.4 Å². The Labute approximate surface area is 207 Å². The molecule has 5 rings (SSSR count). The van der Waals surface area contributed by atoms with E-state index in [9.17, 15) is 14.0 Å². The molecule has 1 aliphatic heterocycles. The third-order valence-electron chi connectivity index (χ3n) is 5.77. The van der Waals surface area contributed by atoms with Crippen LogP contribution in [0.1, 0.15) is 29.8 Å². The molecule has 0 bridgehead atoms. The summed E-state index contributed by atoms with van der Waals surface area (Å²) in [7, 11) is 0. The van der Waals surface area contributed by atoms with Gasteiger partial charge in [-0.2, -0.15) is 0 Å². The molecule has 8 heteroatoms. The monoisotopic (exact) mass is 485 g/mol. The fourth-order valence-corrected chi connectivity index (χ4v) is 3.94. The zero-order chi connectivity index (χ0) is 25.3. The fourth-order valence-electron chi connectivity index (χ4n) is 3.94. The summed E-state index contributed by atoms with van der Waals surface area (Å²) in [6, 6.07) is 17.5. The van der Waals surface area contributed by atoms with Crippen LogP contribution >= 0.6 is 0 Å². The topological polar surface area (TPSA) is 82.5 Å². The molecule has 0 amide bonds. The lowest BCUT2D eigenvalue weighted by atomic mass is 10.0. The average Bonchev–Trinajstić information content (AvgIpc) is 2.85. The van der Waals surface area contributed by atoms with Gasteiger partial charge in [-0.1, -0.05) is 12.1 Å². The van der Waals surface area contributed by atoms with Crippen molar-refractivity contribution >= 4 is 11.6 Å². The van der Waals surface area contributed by atoms with Crippen LogP contribution in [0.15, 0.2) is 83.9 Å². The number of halogens is 1. The van der Waals surface area contributed by atoms with Gasteiger partial charge in [-0.3, -0.25) is 14.2 Å². The van der Waals surface area contributed by atoms with Crippen molar-refractivity contribution in [1.82, 2.24) is 9.55 Å². The number of rotatable bonds is 6. The van der Waals surface area contributed by atoms with Crippen molar-refractivity contribution < 1.29 is 18.7 Å². The third kappa shape index (κ3) is 4.84. The molecule has 0 spiro atoms. The van der Waals surface area contributed by atoms with Crippen LogP contribution in [0.5, 0.6) is 17.2 Å². The molecule has 0 fully saturated rings. The van der Waals surface area contributed by atoms with Crippen molar-refractivity contribution in [1.29, 1.82) is 0 Å². The summed E-state index contributed by atoms with van der Waals surface area (Å²) in [6.45, 7) is 4.53. The maximum absolute atomic E-state index is 13.2. The number of hydrogen-bond acceptors (Lipinski definition) is 6. The highest BCUT2D eigenvalue weighted by molar-refractivity contribution is 5.97. The van der Waals surface area contributed by atoms with Crippen LogP contribution in [0.2, 0.25) is 0 Å². The summed E-state index contributed by atoms with van der Waals surface area (Å²) < 4.78 is 26.5. The highest BCUT2D eigenvalue weighted by Gasteiger charge is 2.29. The molecule has 0 atom stereocenters. The molecule has 0 unspecified atom stereocenters. The van der Waals surface area contributed by atoms with Crippen LogP contribution in [0, 0.1) is 5.82 Å². The van der Waals surface area contributed by atoms with Gasteiger partial charge < -0.3 is 14.8 Å². The summed E-state index contributed by atoms with van der Waals surface area (Å²) in [4.78, 5) is 30.2. The largest absolute Gasteiger partial charge is 0.484 e. The predicted molar refractivity (Wildman–Crippen MR) is 134 cm³/mol. The van der Waals surface area contributed by atoms with E-state index in [1.165, 1.54) is 34.9 Å². The van der Waals surface area contributed by atoms with Crippen LogP contribution in [-0.2, 0) is 6.42 Å². The van der Waals surface area contributed by atoms with Gasteiger partial charge in [-0.05, 0) is 67.9 Å². The van der Waals surface area contributed by atoms with Crippen LogP contribution < -0.4 is 20.3 Å². The molecule has 2 aromatic heterocycles. The van der Waals surface area contributed by atoms with Crippen molar-refractivity contribution in [2.24, 2.45) is 0 Å². The molecule has 0 saturated heterocycles. The number of aromatic nitrogens is 2. The summed E-state index contributed by atoms with van der Waals surface area (Å²) in [5.74, 6) is 1.58. The first-order valence-electron chi connectivity index (χ1n) is 11.5. The normalized spacial score (nSPS) is 13.8. The standard InChI is InChI=1S/C28H24FN3O4/c1-28(2)17-35-25-24(13-14-30-26(25)31-28)36-21-11-5-18(6-12-21)16-23(33)22-4-3-15-32(27(22)34)20-9-7-19(29)8-10-20/h3-15H,16-17H2,1-2H3,(H,30,31). The Morgan fingerprint density at radius 3 is 2.61 bits per heavy atom. The highest BCUT2D eigenvalue weighted by Crippen LogP contribution is 2.40. The van der Waals surface area contributed by atoms with Crippen LogP contribution in [0.3, 0.4) is 0 Å². The van der Waals surface area contributed by atoms with Gasteiger partial charge in [0.15, 0.2) is 17.4 Å². The molecule has 3 heterocycles. The minimum absolute atomic E-state index is 0.0513. The minimum atomic E-state index is -0.451. The molecular formula is C28H24FN3O4. The van der Waals surface area contributed by atoms with E-state index in [4.69, 9.17) is 9.47 Å². The van der Waals surface area contributed by atoms with Gasteiger partial charge in [0.1, 0.15) is 18.2 Å². The number of nitrogens with one attached hydrogen (secondary N) is 1. The molecule has 7 nitrogen and oxygen atoms in total. The number of fused-ring (bicyclic) bond motifs is 1. The average molecular weight is 486 g/mol. The predicted octanol–water partition coefficient (Wildman–Crippen LogP) is 5.17. The number of pyridine rings is 2. The van der Waals surface area contributed by atoms with Crippen molar-refractivity contribution in [3.8, 4) is 22.9 Å². The van der Waals surface area contributed by atoms with Crippen molar-refractivity contribution in [2.75, 3.05) is 11.9 Å². The minimum Gasteiger partial charge on any atom is -0.484 e. The van der Waals surface area contributed by atoms with Crippen LogP contribution in [0.25, 0.3) is 5.69 Å². The quantitative estimate of drug-likeness (QED) is 0.380. The van der Waals surface area contributed by atoms with Gasteiger partial charge in [-0.25, -0.2) is 9.37 Å². The number of carbonyl (C=O) groups excluding carboxylic acids is 1. The van der Waals surface area contributed by atoms with Gasteiger partial charge in [0.25, 0.3) is 5.56 Å². The number of anilines is 1. The van der Waals surface area contributed by atoms with E-state index in [0.29, 0.717) is 35.4 Å². The highest BCUT2D eigenvalue weighted by atomic mass is 19.1. The zero-order valence-corrected chi connectivity index (χ0v) is 19.8. The number of carbonyl (C=O) groups is 1. The third-order valence-corrected chi connectivity index (χ3v) is 5.77. The Hall–Kier alpha value is -4.46. The first kappa shape index (κ1) is 23.3. The van der Waals surface area contributed by atoms with E-state index in [1.807, 2.05) is 13.8 Å². The fraction of sp³-hybridized carbons (Fsp3) is 0.179. The number of benzene rings is 2. The van der Waals surface area contributed by atoms with Crippen LogP contribution in [0.4, 0.5) is 10.2 Å². The molecule has 1 aliphatic rings. The Kier molecular flexibility index (Phi) is 6.01. The maximum Gasteiger partial charge on any atom is 0.265 e. The SMILES string of the molecule is CC1(C)COc2c(Oc3ccc(CC(=O)c4cccn(-c5ccc(F)cc5)c4=O)cc3)ccnc2N1. The first-order chi connectivity index (χ1) is 17.3. The number of hydrogen-bond donors (Lipinski definition) is 1. The van der Waals surface area contributed by atoms with Crippen molar-refractivity contribution in [3.63, 3.8) is 0 Å². The van der Waals surface area contributed by atoms with Crippen LogP contribution in [-0.4, -0.2) is 27.5 Å². The van der Waals surface area contributed by atoms with Gasteiger partial charge in [0.2, 0.25) is 5.75 Å². The van der Waals surface area contributed by atoms with E-state index in [2.05, 4.69) is 10.3 Å². The van der Waals surface area contributed by atoms with E-state index >= 15 is 0 Å². The van der Waals surface area contributed by atoms with E-state index in [1.54, 1.807) is 48.8 Å². The number of ether oxygens (including phenoxy) is 2. The van der Waals surface area contributed by atoms with E-state index in [0.717, 1.165) is 5.56 Å². The van der Waals surface area contributed by atoms with Gasteiger partial charge in [0, 0.05) is 30.6 Å². The lowest BCUT2D eigenvalue weighted by Crippen LogP contribution is -2.41. The second kappa shape index (κ2) is 9.30. The van der Waals surface area contributed by atoms with Crippen molar-refractivity contribution in [3.05, 3.63) is 106 Å². The molecule has 2 aromatic carbocycles.